The second kappa shape index (κ2) is 11.2. The highest BCUT2D eigenvalue weighted by Crippen LogP contribution is 2.44. The maximum absolute atomic E-state index is 12.6. The molecule has 0 N–H and O–H groups in total. The molecular formula is C25H37N3O4. The summed E-state index contributed by atoms with van der Waals surface area (Å²) in [6.45, 7) is 17.6. The smallest absolute Gasteiger partial charge is 0.410 e. The molecule has 7 heteroatoms. The van der Waals surface area contributed by atoms with Gasteiger partial charge >= 0.3 is 6.09 Å². The summed E-state index contributed by atoms with van der Waals surface area (Å²) in [5.74, 6) is 0.682. The van der Waals surface area contributed by atoms with Crippen molar-refractivity contribution >= 4 is 36.0 Å². The van der Waals surface area contributed by atoms with Crippen LogP contribution in [0.2, 0.25) is 0 Å². The number of carbonyl (C=O) groups excluding carboxylic acids is 2. The Balaban J connectivity index is 2.41. The van der Waals surface area contributed by atoms with Gasteiger partial charge in [-0.05, 0) is 59.4 Å². The maximum atomic E-state index is 12.6. The van der Waals surface area contributed by atoms with Gasteiger partial charge in [0.2, 0.25) is 0 Å². The van der Waals surface area contributed by atoms with Gasteiger partial charge in [0.25, 0.3) is 0 Å². The van der Waals surface area contributed by atoms with Crippen LogP contribution in [0, 0.1) is 6.92 Å². The molecule has 1 aromatic rings. The normalized spacial score (nSPS) is 14.9. The highest BCUT2D eigenvalue weighted by molar-refractivity contribution is 5.86. The molecule has 1 fully saturated rings. The van der Waals surface area contributed by atoms with Crippen LogP contribution in [-0.2, 0) is 9.53 Å². The Morgan fingerprint density at radius 3 is 2.53 bits per heavy atom. The van der Waals surface area contributed by atoms with E-state index in [4.69, 9.17) is 9.47 Å². The van der Waals surface area contributed by atoms with E-state index >= 15 is 0 Å². The fourth-order valence-corrected chi connectivity index (χ4v) is 3.65. The van der Waals surface area contributed by atoms with E-state index in [0.29, 0.717) is 31.8 Å². The van der Waals surface area contributed by atoms with E-state index in [1.165, 1.54) is 0 Å². The third-order valence-corrected chi connectivity index (χ3v) is 5.18. The van der Waals surface area contributed by atoms with Crippen molar-refractivity contribution in [3.05, 3.63) is 23.3 Å². The van der Waals surface area contributed by atoms with Gasteiger partial charge in [0.05, 0.1) is 5.69 Å². The molecule has 0 unspecified atom stereocenters. The number of benzene rings is 1. The molecule has 32 heavy (non-hydrogen) atoms. The van der Waals surface area contributed by atoms with Crippen LogP contribution in [0.25, 0.3) is 6.08 Å². The van der Waals surface area contributed by atoms with Crippen LogP contribution in [0.1, 0.15) is 58.6 Å². The molecule has 2 rings (SSSR count). The second-order valence-corrected chi connectivity index (χ2v) is 8.96. The number of hydrogen-bond acceptors (Lipinski definition) is 6. The van der Waals surface area contributed by atoms with E-state index < -0.39 is 5.60 Å². The molecule has 0 atom stereocenters. The predicted molar refractivity (Wildman–Crippen MR) is 131 cm³/mol. The van der Waals surface area contributed by atoms with Gasteiger partial charge < -0.3 is 19.3 Å². The molecule has 0 spiro atoms. The molecule has 7 nitrogen and oxygen atoms in total. The zero-order chi connectivity index (χ0) is 23.9. The molecule has 1 amide bonds. The van der Waals surface area contributed by atoms with E-state index in [0.717, 1.165) is 35.5 Å². The van der Waals surface area contributed by atoms with Crippen molar-refractivity contribution < 1.29 is 19.1 Å². The van der Waals surface area contributed by atoms with Crippen molar-refractivity contribution in [2.24, 2.45) is 4.99 Å². The molecular weight excluding hydrogens is 406 g/mol. The van der Waals surface area contributed by atoms with Crippen LogP contribution < -0.4 is 9.64 Å². The first-order chi connectivity index (χ1) is 15.1. The molecule has 1 aromatic carbocycles. The maximum Gasteiger partial charge on any atom is 0.410 e. The first-order valence-electron chi connectivity index (χ1n) is 11.3. The zero-order valence-corrected chi connectivity index (χ0v) is 20.4. The van der Waals surface area contributed by atoms with E-state index in [2.05, 4.69) is 16.6 Å². The van der Waals surface area contributed by atoms with Crippen molar-refractivity contribution in [1.29, 1.82) is 0 Å². The summed E-state index contributed by atoms with van der Waals surface area (Å²) in [4.78, 5) is 32.8. The number of amides is 1. The summed E-state index contributed by atoms with van der Waals surface area (Å²) < 4.78 is 11.6. The van der Waals surface area contributed by atoms with Gasteiger partial charge in [-0.2, -0.15) is 0 Å². The number of ether oxygens (including phenoxy) is 2. The quantitative estimate of drug-likeness (QED) is 0.544. The molecule has 1 heterocycles. The molecule has 0 bridgehead atoms. The number of Topliss-reactive ketones (excluding diaryl/α,β-unsaturated/α-hetero) is 1. The minimum Gasteiger partial charge on any atom is -0.483 e. The highest BCUT2D eigenvalue weighted by Gasteiger charge is 2.28. The van der Waals surface area contributed by atoms with Crippen LogP contribution in [-0.4, -0.2) is 61.9 Å². The van der Waals surface area contributed by atoms with Gasteiger partial charge in [-0.3, -0.25) is 9.79 Å². The van der Waals surface area contributed by atoms with Gasteiger partial charge in [0, 0.05) is 38.2 Å². The topological polar surface area (TPSA) is 71.4 Å². The number of rotatable bonds is 7. The summed E-state index contributed by atoms with van der Waals surface area (Å²) >= 11 is 0. The van der Waals surface area contributed by atoms with Crippen molar-refractivity contribution in [3.63, 3.8) is 0 Å². The van der Waals surface area contributed by atoms with Gasteiger partial charge in [-0.25, -0.2) is 4.79 Å². The van der Waals surface area contributed by atoms with Crippen LogP contribution >= 0.6 is 0 Å². The van der Waals surface area contributed by atoms with Gasteiger partial charge in [0.15, 0.2) is 5.78 Å². The number of hydrogen-bond donors (Lipinski definition) is 0. The Kier molecular flexibility index (Phi) is 8.87. The number of aliphatic imine (C=N–C) groups is 1. The van der Waals surface area contributed by atoms with Crippen molar-refractivity contribution in [1.82, 2.24) is 4.90 Å². The van der Waals surface area contributed by atoms with E-state index in [-0.39, 0.29) is 18.5 Å². The lowest BCUT2D eigenvalue weighted by molar-refractivity contribution is -0.120. The summed E-state index contributed by atoms with van der Waals surface area (Å²) in [6, 6.07) is 2.00. The number of nitrogens with zero attached hydrogens (tertiary/aromatic N) is 3. The summed E-state index contributed by atoms with van der Waals surface area (Å²) in [5.41, 5.74) is 2.88. The Morgan fingerprint density at radius 2 is 1.94 bits per heavy atom. The lowest BCUT2D eigenvalue weighted by Crippen LogP contribution is -2.39. The second-order valence-electron chi connectivity index (χ2n) is 8.96. The van der Waals surface area contributed by atoms with Gasteiger partial charge in [0.1, 0.15) is 23.6 Å². The lowest BCUT2D eigenvalue weighted by atomic mass is 10.0. The Morgan fingerprint density at radius 1 is 1.22 bits per heavy atom. The number of ketones is 1. The number of aryl methyl sites for hydroxylation is 1. The van der Waals surface area contributed by atoms with Crippen LogP contribution in [0.3, 0.4) is 0 Å². The Labute approximate surface area is 192 Å². The number of anilines is 1. The van der Waals surface area contributed by atoms with Gasteiger partial charge in [-0.15, -0.1) is 0 Å². The predicted octanol–water partition coefficient (Wildman–Crippen LogP) is 5.17. The van der Waals surface area contributed by atoms with E-state index in [9.17, 15) is 9.59 Å². The molecule has 1 aliphatic heterocycles. The SMILES string of the molecule is C=Nc1c(/C=C\C)cc(C)c(OCC(=O)CC)c1N1CCCN(C(=O)OC(C)(C)C)CC1. The van der Waals surface area contributed by atoms with Crippen LogP contribution in [0.5, 0.6) is 5.75 Å². The average molecular weight is 444 g/mol. The summed E-state index contributed by atoms with van der Waals surface area (Å²) in [6.07, 6.45) is 4.85. The highest BCUT2D eigenvalue weighted by atomic mass is 16.6. The number of carbonyl (C=O) groups is 2. The lowest BCUT2D eigenvalue weighted by Gasteiger charge is -2.29. The van der Waals surface area contributed by atoms with Gasteiger partial charge in [-0.1, -0.05) is 19.1 Å². The fraction of sp³-hybridized carbons (Fsp3) is 0.560. The van der Waals surface area contributed by atoms with Crippen molar-refractivity contribution in [2.45, 2.75) is 60.0 Å². The largest absolute Gasteiger partial charge is 0.483 e. The molecule has 0 aliphatic carbocycles. The Bertz CT molecular complexity index is 871. The monoisotopic (exact) mass is 443 g/mol. The van der Waals surface area contributed by atoms with Crippen LogP contribution in [0.15, 0.2) is 17.1 Å². The molecule has 0 radical (unpaired) electrons. The van der Waals surface area contributed by atoms with E-state index in [1.807, 2.05) is 59.8 Å². The minimum atomic E-state index is -0.534. The average Bonchev–Trinajstić information content (AvgIpc) is 2.97. The molecule has 0 saturated carbocycles. The summed E-state index contributed by atoms with van der Waals surface area (Å²) in [7, 11) is 0. The molecule has 1 saturated heterocycles. The number of allylic oxidation sites excluding steroid dienone is 1. The Hall–Kier alpha value is -2.83. The standard InChI is InChI=1S/C25H37N3O4/c1-8-11-19-16-18(3)23(31-17-20(29)9-2)22(21(19)26-7)27-12-10-13-28(15-14-27)24(30)32-25(4,5)6/h8,11,16H,7,9-10,12-15,17H2,1-6H3/b11-8-. The van der Waals surface area contributed by atoms with E-state index in [1.54, 1.807) is 4.90 Å². The minimum absolute atomic E-state index is 0.0156. The zero-order valence-electron chi connectivity index (χ0n) is 20.4. The molecule has 176 valence electrons. The van der Waals surface area contributed by atoms with Crippen molar-refractivity contribution in [3.8, 4) is 5.75 Å². The summed E-state index contributed by atoms with van der Waals surface area (Å²) in [5, 5.41) is 0. The first-order valence-corrected chi connectivity index (χ1v) is 11.3. The molecule has 0 aromatic heterocycles. The third-order valence-electron chi connectivity index (χ3n) is 5.18. The van der Waals surface area contributed by atoms with Crippen molar-refractivity contribution in [2.75, 3.05) is 37.7 Å². The first kappa shape index (κ1) is 25.4. The molecule has 1 aliphatic rings. The fourth-order valence-electron chi connectivity index (χ4n) is 3.65. The third kappa shape index (κ3) is 6.58. The van der Waals surface area contributed by atoms with Crippen LogP contribution in [0.4, 0.5) is 16.2 Å².